The molecular weight excluding hydrogens is 234 g/mol. The molecule has 96 valence electrons. The molecule has 2 aromatic rings. The van der Waals surface area contributed by atoms with Crippen molar-refractivity contribution >= 4 is 22.8 Å². The number of Topliss-reactive ketones (excluding diaryl/α,β-unsaturated/α-hetero) is 1. The Bertz CT molecular complexity index is 707. The van der Waals surface area contributed by atoms with Crippen LogP contribution in [0.3, 0.4) is 0 Å². The molecule has 19 heavy (non-hydrogen) atoms. The number of carbonyl (C=O) groups is 1. The first-order chi connectivity index (χ1) is 9.24. The normalized spacial score (nSPS) is 27.8. The number of hydrogen-bond donors (Lipinski definition) is 1. The molecule has 0 unspecified atom stereocenters. The van der Waals surface area contributed by atoms with Crippen molar-refractivity contribution in [2.24, 2.45) is 11.8 Å². The molecule has 2 heteroatoms. The van der Waals surface area contributed by atoms with Crippen LogP contribution in [-0.4, -0.2) is 10.8 Å². The summed E-state index contributed by atoms with van der Waals surface area (Å²) in [4.78, 5) is 15.7. The second kappa shape index (κ2) is 3.83. The summed E-state index contributed by atoms with van der Waals surface area (Å²) >= 11 is 0. The van der Waals surface area contributed by atoms with E-state index in [0.29, 0.717) is 17.6 Å². The van der Waals surface area contributed by atoms with E-state index in [2.05, 4.69) is 36.2 Å². The van der Waals surface area contributed by atoms with E-state index in [-0.39, 0.29) is 0 Å². The molecule has 4 rings (SSSR count). The molecule has 2 fully saturated rings. The highest BCUT2D eigenvalue weighted by Gasteiger charge is 2.42. The Morgan fingerprint density at radius 1 is 1.21 bits per heavy atom. The van der Waals surface area contributed by atoms with Crippen LogP contribution >= 0.6 is 0 Å². The minimum Gasteiger partial charge on any atom is -0.358 e. The number of para-hydroxylation sites is 1. The fourth-order valence-electron chi connectivity index (χ4n) is 3.77. The number of benzene rings is 1. The lowest BCUT2D eigenvalue weighted by Gasteiger charge is -2.12. The molecule has 2 atom stereocenters. The van der Waals surface area contributed by atoms with E-state index >= 15 is 0 Å². The third-order valence-electron chi connectivity index (χ3n) is 4.77. The van der Waals surface area contributed by atoms with Crippen molar-refractivity contribution < 1.29 is 4.79 Å². The van der Waals surface area contributed by atoms with Crippen molar-refractivity contribution in [1.82, 2.24) is 4.98 Å². The number of aromatic nitrogens is 1. The summed E-state index contributed by atoms with van der Waals surface area (Å²) in [7, 11) is 0. The minimum atomic E-state index is 0.321. The van der Waals surface area contributed by atoms with Gasteiger partial charge in [0.15, 0.2) is 5.78 Å². The average Bonchev–Trinajstić information content (AvgIpc) is 3.06. The minimum absolute atomic E-state index is 0.321. The molecule has 2 aliphatic rings. The first-order valence-electron chi connectivity index (χ1n) is 7.07. The second-order valence-corrected chi connectivity index (χ2v) is 5.88. The highest BCUT2D eigenvalue weighted by Crippen LogP contribution is 2.46. The van der Waals surface area contributed by atoms with Crippen LogP contribution in [0, 0.1) is 18.8 Å². The quantitative estimate of drug-likeness (QED) is 0.767. The zero-order chi connectivity index (χ0) is 13.0. The lowest BCUT2D eigenvalue weighted by Crippen LogP contribution is -2.11. The summed E-state index contributed by atoms with van der Waals surface area (Å²) in [6.45, 7) is 2.09. The number of hydrogen-bond acceptors (Lipinski definition) is 1. The monoisotopic (exact) mass is 251 g/mol. The predicted octanol–water partition coefficient (Wildman–Crippen LogP) is 3.86. The molecule has 1 aromatic heterocycles. The molecule has 0 spiro atoms. The van der Waals surface area contributed by atoms with Gasteiger partial charge in [-0.3, -0.25) is 4.79 Å². The Morgan fingerprint density at radius 2 is 2.00 bits per heavy atom. The zero-order valence-electron chi connectivity index (χ0n) is 11.1. The van der Waals surface area contributed by atoms with Crippen molar-refractivity contribution in [1.29, 1.82) is 0 Å². The molecule has 0 radical (unpaired) electrons. The van der Waals surface area contributed by atoms with E-state index in [1.54, 1.807) is 0 Å². The third kappa shape index (κ3) is 1.52. The molecule has 2 bridgehead atoms. The van der Waals surface area contributed by atoms with Gasteiger partial charge in [0, 0.05) is 28.1 Å². The van der Waals surface area contributed by atoms with Crippen LogP contribution in [0.15, 0.2) is 29.8 Å². The van der Waals surface area contributed by atoms with Crippen molar-refractivity contribution in [3.8, 4) is 0 Å². The highest BCUT2D eigenvalue weighted by atomic mass is 16.1. The fraction of sp³-hybridized carbons (Fsp3) is 0.353. The lowest BCUT2D eigenvalue weighted by molar-refractivity contribution is -0.118. The molecule has 1 heterocycles. The number of aryl methyl sites for hydroxylation is 1. The van der Waals surface area contributed by atoms with Gasteiger partial charge >= 0.3 is 0 Å². The van der Waals surface area contributed by atoms with Crippen LogP contribution in [-0.2, 0) is 4.79 Å². The van der Waals surface area contributed by atoms with Crippen LogP contribution in [0.5, 0.6) is 0 Å². The van der Waals surface area contributed by atoms with Gasteiger partial charge in [-0.15, -0.1) is 0 Å². The van der Waals surface area contributed by atoms with Crippen LogP contribution in [0.25, 0.3) is 17.0 Å². The van der Waals surface area contributed by atoms with Crippen molar-refractivity contribution in [2.45, 2.75) is 26.2 Å². The summed E-state index contributed by atoms with van der Waals surface area (Å²) in [6, 6.07) is 8.31. The Morgan fingerprint density at radius 3 is 2.79 bits per heavy atom. The first kappa shape index (κ1) is 11.0. The van der Waals surface area contributed by atoms with Gasteiger partial charge in [-0.2, -0.15) is 0 Å². The molecule has 0 aliphatic heterocycles. The van der Waals surface area contributed by atoms with Crippen LogP contribution in [0.1, 0.15) is 30.5 Å². The van der Waals surface area contributed by atoms with Crippen molar-refractivity contribution in [3.63, 3.8) is 0 Å². The van der Waals surface area contributed by atoms with Gasteiger partial charge in [0.05, 0.1) is 0 Å². The van der Waals surface area contributed by atoms with E-state index in [4.69, 9.17) is 0 Å². The summed E-state index contributed by atoms with van der Waals surface area (Å²) in [5, 5.41) is 1.23. The zero-order valence-corrected chi connectivity index (χ0v) is 11.1. The van der Waals surface area contributed by atoms with Gasteiger partial charge in [0.1, 0.15) is 0 Å². The largest absolute Gasteiger partial charge is 0.358 e. The van der Waals surface area contributed by atoms with Gasteiger partial charge < -0.3 is 4.98 Å². The summed E-state index contributed by atoms with van der Waals surface area (Å²) in [5.41, 5.74) is 4.59. The Kier molecular flexibility index (Phi) is 2.22. The molecule has 1 N–H and O–H groups in total. The maximum atomic E-state index is 12.3. The van der Waals surface area contributed by atoms with E-state index in [9.17, 15) is 4.79 Å². The van der Waals surface area contributed by atoms with E-state index in [1.807, 2.05) is 6.07 Å². The first-order valence-corrected chi connectivity index (χ1v) is 7.07. The number of aromatic amines is 1. The summed E-state index contributed by atoms with van der Waals surface area (Å²) < 4.78 is 0. The molecule has 1 aromatic carbocycles. The van der Waals surface area contributed by atoms with Crippen LogP contribution in [0.4, 0.5) is 0 Å². The maximum Gasteiger partial charge on any atom is 0.162 e. The summed E-state index contributed by atoms with van der Waals surface area (Å²) in [5.74, 6) is 1.24. The molecule has 0 saturated heterocycles. The number of H-pyrrole nitrogens is 1. The van der Waals surface area contributed by atoms with E-state index < -0.39 is 0 Å². The predicted molar refractivity (Wildman–Crippen MR) is 76.9 cm³/mol. The van der Waals surface area contributed by atoms with Crippen molar-refractivity contribution in [3.05, 3.63) is 41.1 Å². The summed E-state index contributed by atoms with van der Waals surface area (Å²) in [6.07, 6.45) is 5.55. The van der Waals surface area contributed by atoms with Gasteiger partial charge in [-0.1, -0.05) is 18.2 Å². The number of nitrogens with one attached hydrogen (secondary N) is 1. The molecule has 2 saturated carbocycles. The molecular formula is C17H17NO. The number of rotatable bonds is 1. The van der Waals surface area contributed by atoms with Gasteiger partial charge in [-0.25, -0.2) is 0 Å². The third-order valence-corrected chi connectivity index (χ3v) is 4.77. The SMILES string of the molecule is Cc1[nH]c2ccccc2c1/C=C1\C(=O)[C@H]2CC[C@@H]1C2. The number of ketones is 1. The maximum absolute atomic E-state index is 12.3. The standard InChI is InChI=1S/C17H17NO/c1-10-14(13-4-2-3-5-16(13)18-10)9-15-11-6-7-12(8-11)17(15)19/h2-5,9,11-12,18H,6-8H2,1H3/b15-9-/t11-,12+/m1/s1. The van der Waals surface area contributed by atoms with Crippen LogP contribution < -0.4 is 0 Å². The van der Waals surface area contributed by atoms with E-state index in [0.717, 1.165) is 29.6 Å². The Balaban J connectivity index is 1.88. The average molecular weight is 251 g/mol. The van der Waals surface area contributed by atoms with Gasteiger partial charge in [0.2, 0.25) is 0 Å². The second-order valence-electron chi connectivity index (χ2n) is 5.88. The van der Waals surface area contributed by atoms with Crippen molar-refractivity contribution in [2.75, 3.05) is 0 Å². The molecule has 0 amide bonds. The van der Waals surface area contributed by atoms with Gasteiger partial charge in [0.25, 0.3) is 0 Å². The highest BCUT2D eigenvalue weighted by molar-refractivity contribution is 6.06. The number of carbonyl (C=O) groups excluding carboxylic acids is 1. The van der Waals surface area contributed by atoms with Gasteiger partial charge in [-0.05, 0) is 49.8 Å². The Labute approximate surface area is 112 Å². The number of fused-ring (bicyclic) bond motifs is 3. The topological polar surface area (TPSA) is 32.9 Å². The van der Waals surface area contributed by atoms with E-state index in [1.165, 1.54) is 17.4 Å². The Hall–Kier alpha value is -1.83. The molecule has 2 nitrogen and oxygen atoms in total. The fourth-order valence-corrected chi connectivity index (χ4v) is 3.77. The molecule has 2 aliphatic carbocycles. The lowest BCUT2D eigenvalue weighted by atomic mass is 9.91. The smallest absolute Gasteiger partial charge is 0.162 e. The van der Waals surface area contributed by atoms with Crippen LogP contribution in [0.2, 0.25) is 0 Å². The number of allylic oxidation sites excluding steroid dienone is 1.